The molecule has 4 nitrogen and oxygen atoms in total. The van der Waals surface area contributed by atoms with Gasteiger partial charge < -0.3 is 15.2 Å². The van der Waals surface area contributed by atoms with Gasteiger partial charge in [0.05, 0.1) is 5.69 Å². The summed E-state index contributed by atoms with van der Waals surface area (Å²) in [6.45, 7) is 3.72. The predicted molar refractivity (Wildman–Crippen MR) is 74.3 cm³/mol. The summed E-state index contributed by atoms with van der Waals surface area (Å²) in [4.78, 5) is 4.28. The second-order valence-corrected chi connectivity index (χ2v) is 4.26. The first kappa shape index (κ1) is 13.4. The summed E-state index contributed by atoms with van der Waals surface area (Å²) in [6, 6.07) is 13.1. The molecule has 1 aromatic heterocycles. The van der Waals surface area contributed by atoms with Crippen molar-refractivity contribution in [1.82, 2.24) is 10.3 Å². The van der Waals surface area contributed by atoms with E-state index >= 15 is 0 Å². The number of ether oxygens (including phenoxy) is 1. The molecule has 2 N–H and O–H groups in total. The van der Waals surface area contributed by atoms with Crippen LogP contribution >= 0.6 is 0 Å². The van der Waals surface area contributed by atoms with Gasteiger partial charge in [-0.2, -0.15) is 0 Å². The van der Waals surface area contributed by atoms with Crippen molar-refractivity contribution in [1.29, 1.82) is 0 Å². The van der Waals surface area contributed by atoms with Crippen molar-refractivity contribution in [3.8, 4) is 11.5 Å². The van der Waals surface area contributed by atoms with Crippen molar-refractivity contribution in [3.63, 3.8) is 0 Å². The third kappa shape index (κ3) is 4.26. The fraction of sp³-hybridized carbons (Fsp3) is 0.267. The van der Waals surface area contributed by atoms with Crippen LogP contribution in [0, 0.1) is 6.92 Å². The highest BCUT2D eigenvalue weighted by Crippen LogP contribution is 2.14. The van der Waals surface area contributed by atoms with Crippen molar-refractivity contribution in [2.45, 2.75) is 13.5 Å². The Bertz CT molecular complexity index is 515. The molecule has 0 aliphatic rings. The van der Waals surface area contributed by atoms with Gasteiger partial charge in [-0.25, -0.2) is 0 Å². The Hall–Kier alpha value is -2.07. The smallest absolute Gasteiger partial charge is 0.138 e. The molecule has 100 valence electrons. The lowest BCUT2D eigenvalue weighted by Gasteiger charge is -2.08. The molecule has 0 radical (unpaired) electrons. The Labute approximate surface area is 113 Å². The number of nitrogens with one attached hydrogen (secondary N) is 1. The van der Waals surface area contributed by atoms with E-state index < -0.39 is 0 Å². The van der Waals surface area contributed by atoms with Crippen LogP contribution in [0.15, 0.2) is 42.5 Å². The molecule has 4 heteroatoms. The second-order valence-electron chi connectivity index (χ2n) is 4.26. The van der Waals surface area contributed by atoms with Gasteiger partial charge in [-0.3, -0.25) is 4.98 Å². The zero-order valence-corrected chi connectivity index (χ0v) is 11.0. The van der Waals surface area contributed by atoms with E-state index in [-0.39, 0.29) is 5.75 Å². The third-order valence-electron chi connectivity index (χ3n) is 2.67. The number of hydrogen-bond donors (Lipinski definition) is 2. The lowest BCUT2D eigenvalue weighted by molar-refractivity contribution is 0.313. The molecule has 0 amide bonds. The molecule has 0 fully saturated rings. The molecule has 0 unspecified atom stereocenters. The van der Waals surface area contributed by atoms with E-state index in [9.17, 15) is 5.11 Å². The van der Waals surface area contributed by atoms with Gasteiger partial charge in [0.2, 0.25) is 0 Å². The molecule has 0 saturated heterocycles. The van der Waals surface area contributed by atoms with E-state index in [1.54, 1.807) is 12.1 Å². The average Bonchev–Trinajstić information content (AvgIpc) is 2.43. The number of nitrogens with zero attached hydrogens (tertiary/aromatic N) is 1. The van der Waals surface area contributed by atoms with Gasteiger partial charge >= 0.3 is 0 Å². The Morgan fingerprint density at radius 1 is 1.16 bits per heavy atom. The van der Waals surface area contributed by atoms with Crippen LogP contribution in [0.25, 0.3) is 0 Å². The van der Waals surface area contributed by atoms with Crippen LogP contribution < -0.4 is 10.1 Å². The van der Waals surface area contributed by atoms with Gasteiger partial charge in [-0.1, -0.05) is 18.2 Å². The van der Waals surface area contributed by atoms with Gasteiger partial charge in [0.25, 0.3) is 0 Å². The summed E-state index contributed by atoms with van der Waals surface area (Å²) in [7, 11) is 0. The number of aryl methyl sites for hydroxylation is 1. The minimum absolute atomic E-state index is 0.224. The lowest BCUT2D eigenvalue weighted by Crippen LogP contribution is -2.21. The van der Waals surface area contributed by atoms with Gasteiger partial charge in [-0.05, 0) is 31.2 Å². The molecule has 0 saturated carbocycles. The minimum Gasteiger partial charge on any atom is -0.506 e. The van der Waals surface area contributed by atoms with Crippen molar-refractivity contribution >= 4 is 0 Å². The fourth-order valence-electron chi connectivity index (χ4n) is 1.70. The minimum atomic E-state index is 0.224. The van der Waals surface area contributed by atoms with E-state index in [0.717, 1.165) is 11.4 Å². The third-order valence-corrected chi connectivity index (χ3v) is 2.67. The maximum absolute atomic E-state index is 9.64. The van der Waals surface area contributed by atoms with Crippen LogP contribution in [0.2, 0.25) is 0 Å². The van der Waals surface area contributed by atoms with Gasteiger partial charge in [0.1, 0.15) is 18.1 Å². The van der Waals surface area contributed by atoms with Crippen LogP contribution in [0.3, 0.4) is 0 Å². The molecule has 1 aromatic carbocycles. The SMILES string of the molecule is Cc1ccc(O)c(CNCCOc2ccccc2)n1. The first-order chi connectivity index (χ1) is 9.25. The first-order valence-electron chi connectivity index (χ1n) is 6.30. The molecular weight excluding hydrogens is 240 g/mol. The molecule has 0 aliphatic heterocycles. The topological polar surface area (TPSA) is 54.4 Å². The zero-order valence-electron chi connectivity index (χ0n) is 11.0. The van der Waals surface area contributed by atoms with Crippen molar-refractivity contribution in [3.05, 3.63) is 53.9 Å². The van der Waals surface area contributed by atoms with Crippen LogP contribution in [-0.2, 0) is 6.54 Å². The molecule has 0 atom stereocenters. The van der Waals surface area contributed by atoms with E-state index in [0.29, 0.717) is 25.4 Å². The maximum atomic E-state index is 9.64. The van der Waals surface area contributed by atoms with E-state index in [2.05, 4.69) is 10.3 Å². The normalized spacial score (nSPS) is 10.4. The Morgan fingerprint density at radius 3 is 2.74 bits per heavy atom. The molecule has 0 bridgehead atoms. The second kappa shape index (κ2) is 6.75. The summed E-state index contributed by atoms with van der Waals surface area (Å²) in [6.07, 6.45) is 0. The van der Waals surface area contributed by atoms with Crippen molar-refractivity contribution in [2.75, 3.05) is 13.2 Å². The standard InChI is InChI=1S/C15H18N2O2/c1-12-7-8-15(18)14(17-12)11-16-9-10-19-13-5-3-2-4-6-13/h2-8,16,18H,9-11H2,1H3. The number of hydrogen-bond acceptors (Lipinski definition) is 4. The van der Waals surface area contributed by atoms with Crippen LogP contribution in [0.4, 0.5) is 0 Å². The van der Waals surface area contributed by atoms with Crippen LogP contribution in [0.5, 0.6) is 11.5 Å². The van der Waals surface area contributed by atoms with E-state index in [4.69, 9.17) is 4.74 Å². The summed E-state index contributed by atoms with van der Waals surface area (Å²) in [5.74, 6) is 1.09. The van der Waals surface area contributed by atoms with Gasteiger partial charge in [0.15, 0.2) is 0 Å². The average molecular weight is 258 g/mol. The van der Waals surface area contributed by atoms with Crippen molar-refractivity contribution in [2.24, 2.45) is 0 Å². The molecular formula is C15H18N2O2. The quantitative estimate of drug-likeness (QED) is 0.780. The number of rotatable bonds is 6. The molecule has 2 aromatic rings. The highest BCUT2D eigenvalue weighted by Gasteiger charge is 2.02. The molecule has 19 heavy (non-hydrogen) atoms. The lowest BCUT2D eigenvalue weighted by atomic mass is 10.3. The van der Waals surface area contributed by atoms with Crippen LogP contribution in [0.1, 0.15) is 11.4 Å². The Morgan fingerprint density at radius 2 is 1.95 bits per heavy atom. The fourth-order valence-corrected chi connectivity index (χ4v) is 1.70. The first-order valence-corrected chi connectivity index (χ1v) is 6.30. The summed E-state index contributed by atoms with van der Waals surface area (Å²) < 4.78 is 5.55. The number of pyridine rings is 1. The van der Waals surface area contributed by atoms with Crippen LogP contribution in [-0.4, -0.2) is 23.2 Å². The largest absolute Gasteiger partial charge is 0.506 e. The molecule has 1 heterocycles. The Balaban J connectivity index is 1.71. The van der Waals surface area contributed by atoms with Gasteiger partial charge in [-0.15, -0.1) is 0 Å². The monoisotopic (exact) mass is 258 g/mol. The highest BCUT2D eigenvalue weighted by atomic mass is 16.5. The molecule has 0 aliphatic carbocycles. The van der Waals surface area contributed by atoms with Crippen molar-refractivity contribution < 1.29 is 9.84 Å². The number of aromatic nitrogens is 1. The molecule has 2 rings (SSSR count). The zero-order chi connectivity index (χ0) is 13.5. The van der Waals surface area contributed by atoms with Gasteiger partial charge in [0, 0.05) is 18.8 Å². The predicted octanol–water partition coefficient (Wildman–Crippen LogP) is 2.26. The maximum Gasteiger partial charge on any atom is 0.138 e. The van der Waals surface area contributed by atoms with E-state index in [1.165, 1.54) is 0 Å². The summed E-state index contributed by atoms with van der Waals surface area (Å²) >= 11 is 0. The number of aromatic hydroxyl groups is 1. The highest BCUT2D eigenvalue weighted by molar-refractivity contribution is 5.27. The summed E-state index contributed by atoms with van der Waals surface area (Å²) in [5.41, 5.74) is 1.56. The number of para-hydroxylation sites is 1. The molecule has 0 spiro atoms. The summed E-state index contributed by atoms with van der Waals surface area (Å²) in [5, 5.41) is 12.8. The van der Waals surface area contributed by atoms with E-state index in [1.807, 2.05) is 37.3 Å². The Kier molecular flexibility index (Phi) is 4.75. The number of benzene rings is 1.